The highest BCUT2D eigenvalue weighted by atomic mass is 16.3. The molecule has 0 saturated carbocycles. The normalized spacial score (nSPS) is 10.0. The second-order valence-electron chi connectivity index (χ2n) is 1.42. The number of hydrogen-bond donors (Lipinski definition) is 2. The second kappa shape index (κ2) is 1.09. The average Bonchev–Trinajstić information content (AvgIpc) is 1.83. The summed E-state index contributed by atoms with van der Waals surface area (Å²) < 4.78 is 0. The largest absolute Gasteiger partial charge is 0.502 e. The van der Waals surface area contributed by atoms with Gasteiger partial charge in [0.1, 0.15) is 5.69 Å². The van der Waals surface area contributed by atoms with E-state index in [1.54, 1.807) is 0 Å². The van der Waals surface area contributed by atoms with Crippen molar-refractivity contribution in [3.05, 3.63) is 20.4 Å². The summed E-state index contributed by atoms with van der Waals surface area (Å²) in [7, 11) is 0. The van der Waals surface area contributed by atoms with Gasteiger partial charge in [0.05, 0.1) is 0 Å². The van der Waals surface area contributed by atoms with Crippen molar-refractivity contribution in [2.75, 3.05) is 5.73 Å². The molecule has 0 aliphatic heterocycles. The minimum atomic E-state index is -0.887. The fraction of sp³-hybridized carbons (Fsp3) is 0. The quantitative estimate of drug-likeness (QED) is 0.404. The van der Waals surface area contributed by atoms with Crippen molar-refractivity contribution >= 4 is 5.69 Å². The molecule has 0 unspecified atom stereocenters. The van der Waals surface area contributed by atoms with E-state index in [1.807, 2.05) is 0 Å². The van der Waals surface area contributed by atoms with Crippen molar-refractivity contribution < 1.29 is 5.11 Å². The molecule has 0 bridgehead atoms. The van der Waals surface area contributed by atoms with Crippen LogP contribution in [-0.2, 0) is 0 Å². The van der Waals surface area contributed by atoms with E-state index in [2.05, 4.69) is 0 Å². The van der Waals surface area contributed by atoms with Gasteiger partial charge in [0, 0.05) is 0 Å². The molecule has 1 aromatic rings. The molecule has 4 heteroatoms. The highest BCUT2D eigenvalue weighted by molar-refractivity contribution is 5.56. The summed E-state index contributed by atoms with van der Waals surface area (Å²) in [4.78, 5) is 20.1. The van der Waals surface area contributed by atoms with Crippen LogP contribution in [0.2, 0.25) is 0 Å². The van der Waals surface area contributed by atoms with Crippen LogP contribution in [-0.4, -0.2) is 5.11 Å². The van der Waals surface area contributed by atoms with Crippen molar-refractivity contribution in [2.24, 2.45) is 0 Å². The van der Waals surface area contributed by atoms with E-state index in [4.69, 9.17) is 10.8 Å². The number of anilines is 1. The van der Waals surface area contributed by atoms with Gasteiger partial charge in [-0.1, -0.05) is 0 Å². The number of rotatable bonds is 0. The zero-order valence-electron chi connectivity index (χ0n) is 3.84. The van der Waals surface area contributed by atoms with Crippen LogP contribution in [0.15, 0.2) is 9.59 Å². The molecule has 0 spiro atoms. The molecule has 0 saturated heterocycles. The lowest BCUT2D eigenvalue weighted by Crippen LogP contribution is -2.32. The fourth-order valence-corrected chi connectivity index (χ4v) is 0.397. The Hall–Kier alpha value is -1.32. The number of aromatic hydroxyl groups is 1. The lowest BCUT2D eigenvalue weighted by atomic mass is 10.2. The van der Waals surface area contributed by atoms with Crippen LogP contribution in [0, 0.1) is 0 Å². The van der Waals surface area contributed by atoms with Crippen LogP contribution in [0.25, 0.3) is 0 Å². The monoisotopic (exact) mass is 113 g/mol. The molecule has 1 rings (SSSR count). The first-order valence-corrected chi connectivity index (χ1v) is 1.92. The van der Waals surface area contributed by atoms with Gasteiger partial charge in [0.2, 0.25) is 0 Å². The maximum absolute atomic E-state index is 10.1. The highest BCUT2D eigenvalue weighted by Gasteiger charge is 2.15. The highest BCUT2D eigenvalue weighted by Crippen LogP contribution is 2.07. The van der Waals surface area contributed by atoms with Crippen molar-refractivity contribution in [1.29, 1.82) is 0 Å². The van der Waals surface area contributed by atoms with E-state index in [-0.39, 0.29) is 5.69 Å². The molecule has 4 nitrogen and oxygen atoms in total. The maximum atomic E-state index is 10.1. The summed E-state index contributed by atoms with van der Waals surface area (Å²) in [5.74, 6) is -0.602. The first kappa shape index (κ1) is 4.83. The predicted octanol–water partition coefficient (Wildman–Crippen LogP) is -1.43. The lowest BCUT2D eigenvalue weighted by molar-refractivity contribution is 0.466. The van der Waals surface area contributed by atoms with E-state index < -0.39 is 16.6 Å². The van der Waals surface area contributed by atoms with Gasteiger partial charge in [-0.2, -0.15) is 0 Å². The molecule has 0 heterocycles. The molecule has 0 aromatic heterocycles. The molecule has 0 amide bonds. The molecule has 0 atom stereocenters. The van der Waals surface area contributed by atoms with Gasteiger partial charge in [-0.25, -0.2) is 0 Å². The summed E-state index contributed by atoms with van der Waals surface area (Å²) in [6, 6.07) is 0. The lowest BCUT2D eigenvalue weighted by Gasteiger charge is -1.94. The second-order valence-corrected chi connectivity index (χ2v) is 1.42. The average molecular weight is 113 g/mol. The summed E-state index contributed by atoms with van der Waals surface area (Å²) in [5, 5.41) is 8.34. The minimum Gasteiger partial charge on any atom is -0.502 e. The Bertz CT molecular complexity index is 251. The third-order valence-corrected chi connectivity index (χ3v) is 0.921. The van der Waals surface area contributed by atoms with Crippen molar-refractivity contribution in [2.45, 2.75) is 0 Å². The van der Waals surface area contributed by atoms with Gasteiger partial charge >= 0.3 is 0 Å². The molecule has 0 radical (unpaired) electrons. The van der Waals surface area contributed by atoms with Gasteiger partial charge in [0.25, 0.3) is 10.9 Å². The molecule has 42 valence electrons. The Balaban J connectivity index is 3.48. The number of nitrogens with two attached hydrogens (primary N) is 1. The Morgan fingerprint density at radius 3 is 1.88 bits per heavy atom. The van der Waals surface area contributed by atoms with Gasteiger partial charge in [0.15, 0.2) is 5.75 Å². The van der Waals surface area contributed by atoms with Crippen LogP contribution in [0.5, 0.6) is 5.75 Å². The Labute approximate surface area is 43.9 Å². The van der Waals surface area contributed by atoms with Crippen LogP contribution in [0.1, 0.15) is 0 Å². The summed E-state index contributed by atoms with van der Waals surface area (Å²) in [6.07, 6.45) is 0. The van der Waals surface area contributed by atoms with E-state index in [0.29, 0.717) is 0 Å². The number of hydrogen-bond acceptors (Lipinski definition) is 4. The zero-order valence-corrected chi connectivity index (χ0v) is 3.84. The predicted molar refractivity (Wildman–Crippen MR) is 27.4 cm³/mol. The summed E-state index contributed by atoms with van der Waals surface area (Å²) in [6.45, 7) is 0. The smallest absolute Gasteiger partial charge is 0.271 e. The third-order valence-electron chi connectivity index (χ3n) is 0.921. The van der Waals surface area contributed by atoms with E-state index >= 15 is 0 Å². The molecule has 0 fully saturated rings. The van der Waals surface area contributed by atoms with Crippen LogP contribution in [0.4, 0.5) is 5.69 Å². The SMILES string of the molecule is Nc1c(O)c(=O)c1=O. The van der Waals surface area contributed by atoms with Crippen molar-refractivity contribution in [3.8, 4) is 5.75 Å². The third kappa shape index (κ3) is 0.294. The standard InChI is InChI=1S/C4H3NO3/c5-1-2(6)4(8)3(1)7/h6H,5H2. The molecular formula is C4H3NO3. The first-order chi connectivity index (χ1) is 3.64. The van der Waals surface area contributed by atoms with Gasteiger partial charge in [-0.05, 0) is 0 Å². The maximum Gasteiger partial charge on any atom is 0.271 e. The van der Waals surface area contributed by atoms with Crippen molar-refractivity contribution in [1.82, 2.24) is 0 Å². The van der Waals surface area contributed by atoms with Gasteiger partial charge < -0.3 is 10.8 Å². The Morgan fingerprint density at radius 1 is 1.25 bits per heavy atom. The fourth-order valence-electron chi connectivity index (χ4n) is 0.397. The molecule has 3 N–H and O–H groups in total. The Kier molecular flexibility index (Phi) is 0.658. The van der Waals surface area contributed by atoms with E-state index in [0.717, 1.165) is 0 Å². The molecular weight excluding hydrogens is 110 g/mol. The van der Waals surface area contributed by atoms with Crippen molar-refractivity contribution in [3.63, 3.8) is 0 Å². The van der Waals surface area contributed by atoms with Crippen LogP contribution >= 0.6 is 0 Å². The number of nitrogen functional groups attached to an aromatic ring is 1. The first-order valence-electron chi connectivity index (χ1n) is 1.92. The zero-order chi connectivity index (χ0) is 6.31. The van der Waals surface area contributed by atoms with Gasteiger partial charge in [-0.15, -0.1) is 0 Å². The Morgan fingerprint density at radius 2 is 1.75 bits per heavy atom. The van der Waals surface area contributed by atoms with Crippen LogP contribution in [0.3, 0.4) is 0 Å². The molecule has 8 heavy (non-hydrogen) atoms. The summed E-state index contributed by atoms with van der Waals surface area (Å²) >= 11 is 0. The van der Waals surface area contributed by atoms with E-state index in [1.165, 1.54) is 0 Å². The van der Waals surface area contributed by atoms with E-state index in [9.17, 15) is 9.59 Å². The van der Waals surface area contributed by atoms with Crippen LogP contribution < -0.4 is 16.6 Å². The summed E-state index contributed by atoms with van der Waals surface area (Å²) in [5.41, 5.74) is 2.82. The molecule has 1 aromatic carbocycles. The van der Waals surface area contributed by atoms with Gasteiger partial charge in [-0.3, -0.25) is 9.59 Å². The minimum absolute atomic E-state index is 0.324. The molecule has 0 aliphatic rings. The molecule has 0 aliphatic carbocycles. The topological polar surface area (TPSA) is 80.4 Å².